The van der Waals surface area contributed by atoms with Crippen molar-refractivity contribution in [3.8, 4) is 0 Å². The molecule has 9 heteroatoms. The molecule has 0 saturated carbocycles. The number of halogens is 1. The second kappa shape index (κ2) is 15.4. The molecule has 4 rings (SSSR count). The van der Waals surface area contributed by atoms with Crippen LogP contribution in [0.25, 0.3) is 0 Å². The van der Waals surface area contributed by atoms with E-state index in [0.717, 1.165) is 26.7 Å². The zero-order valence-electron chi connectivity index (χ0n) is 26.1. The Hall–Kier alpha value is -3.95. The number of aryl methyl sites for hydroxylation is 1. The number of hydrogen-bond acceptors (Lipinski definition) is 4. The minimum atomic E-state index is -4.15. The molecule has 0 aliphatic carbocycles. The van der Waals surface area contributed by atoms with Crippen LogP contribution in [0.1, 0.15) is 36.1 Å². The summed E-state index contributed by atoms with van der Waals surface area (Å²) in [4.78, 5) is 30.0. The van der Waals surface area contributed by atoms with Gasteiger partial charge in [-0.25, -0.2) is 8.42 Å². The van der Waals surface area contributed by atoms with Gasteiger partial charge >= 0.3 is 0 Å². The van der Waals surface area contributed by atoms with Crippen LogP contribution >= 0.6 is 15.9 Å². The highest BCUT2D eigenvalue weighted by atomic mass is 79.9. The van der Waals surface area contributed by atoms with Crippen molar-refractivity contribution in [2.75, 3.05) is 17.4 Å². The number of nitrogens with zero attached hydrogens (tertiary/aromatic N) is 2. The van der Waals surface area contributed by atoms with E-state index in [2.05, 4.69) is 21.2 Å². The van der Waals surface area contributed by atoms with Gasteiger partial charge in [0.2, 0.25) is 11.8 Å². The van der Waals surface area contributed by atoms with Gasteiger partial charge < -0.3 is 10.2 Å². The monoisotopic (exact) mass is 689 g/mol. The van der Waals surface area contributed by atoms with Crippen LogP contribution in [0.15, 0.2) is 112 Å². The molecule has 2 amide bonds. The maximum atomic E-state index is 14.6. The summed E-state index contributed by atoms with van der Waals surface area (Å²) in [5.41, 5.74) is 3.76. The van der Waals surface area contributed by atoms with Gasteiger partial charge in [-0.3, -0.25) is 13.9 Å². The standard InChI is InChI=1S/C36H40BrN3O4S/c1-26(2)23-38-36(42)34(22-29-13-7-5-8-14-29)39(24-30-18-20-31(37)21-19-30)35(41)25-40(33-17-11-12-27(3)28(33)4)45(43,44)32-15-9-6-10-16-32/h5-21,26,34H,22-25H2,1-4H3,(H,38,42)/t34-/m1/s1. The Morgan fingerprint density at radius 3 is 2.04 bits per heavy atom. The van der Waals surface area contributed by atoms with Crippen LogP contribution in [-0.4, -0.2) is 44.3 Å². The van der Waals surface area contributed by atoms with Crippen LogP contribution in [0.2, 0.25) is 0 Å². The van der Waals surface area contributed by atoms with Gasteiger partial charge in [0.15, 0.2) is 0 Å². The molecule has 0 bridgehead atoms. The lowest BCUT2D eigenvalue weighted by Crippen LogP contribution is -2.53. The molecular formula is C36H40BrN3O4S. The smallest absolute Gasteiger partial charge is 0.264 e. The summed E-state index contributed by atoms with van der Waals surface area (Å²) in [7, 11) is -4.15. The fourth-order valence-electron chi connectivity index (χ4n) is 5.00. The molecule has 4 aromatic rings. The molecule has 0 fully saturated rings. The third kappa shape index (κ3) is 8.83. The molecule has 0 unspecified atom stereocenters. The van der Waals surface area contributed by atoms with Gasteiger partial charge in [-0.1, -0.05) is 103 Å². The zero-order chi connectivity index (χ0) is 32.6. The summed E-state index contributed by atoms with van der Waals surface area (Å²) < 4.78 is 30.4. The Bertz CT molecular complexity index is 1700. The maximum Gasteiger partial charge on any atom is 0.264 e. The summed E-state index contributed by atoms with van der Waals surface area (Å²) in [6.07, 6.45) is 0.266. The Morgan fingerprint density at radius 2 is 1.42 bits per heavy atom. The first-order valence-electron chi connectivity index (χ1n) is 15.0. The van der Waals surface area contributed by atoms with Crippen molar-refractivity contribution in [3.05, 3.63) is 130 Å². The maximum absolute atomic E-state index is 14.6. The second-order valence-corrected chi connectivity index (χ2v) is 14.3. The quantitative estimate of drug-likeness (QED) is 0.170. The minimum absolute atomic E-state index is 0.0775. The lowest BCUT2D eigenvalue weighted by atomic mass is 10.0. The van der Waals surface area contributed by atoms with Crippen molar-refractivity contribution >= 4 is 43.5 Å². The topological polar surface area (TPSA) is 86.8 Å². The number of rotatable bonds is 13. The van der Waals surface area contributed by atoms with Gasteiger partial charge in [0.05, 0.1) is 10.6 Å². The van der Waals surface area contributed by atoms with Crippen molar-refractivity contribution in [2.24, 2.45) is 5.92 Å². The van der Waals surface area contributed by atoms with E-state index in [1.165, 1.54) is 21.3 Å². The molecule has 236 valence electrons. The van der Waals surface area contributed by atoms with Crippen molar-refractivity contribution in [1.82, 2.24) is 10.2 Å². The van der Waals surface area contributed by atoms with Crippen LogP contribution < -0.4 is 9.62 Å². The van der Waals surface area contributed by atoms with E-state index < -0.39 is 28.5 Å². The predicted molar refractivity (Wildman–Crippen MR) is 183 cm³/mol. The third-order valence-electron chi connectivity index (χ3n) is 7.68. The lowest BCUT2D eigenvalue weighted by molar-refractivity contribution is -0.140. The molecule has 0 aromatic heterocycles. The van der Waals surface area contributed by atoms with Gasteiger partial charge in [-0.05, 0) is 72.4 Å². The van der Waals surface area contributed by atoms with Gasteiger partial charge in [0, 0.05) is 24.0 Å². The lowest BCUT2D eigenvalue weighted by Gasteiger charge is -2.34. The fourth-order valence-corrected chi connectivity index (χ4v) is 6.76. The molecule has 0 heterocycles. The number of carbonyl (C=O) groups excluding carboxylic acids is 2. The zero-order valence-corrected chi connectivity index (χ0v) is 28.5. The number of carbonyl (C=O) groups is 2. The number of amides is 2. The molecular weight excluding hydrogens is 650 g/mol. The van der Waals surface area contributed by atoms with Crippen molar-refractivity contribution in [1.29, 1.82) is 0 Å². The highest BCUT2D eigenvalue weighted by Crippen LogP contribution is 2.29. The van der Waals surface area contributed by atoms with Crippen LogP contribution in [0.4, 0.5) is 5.69 Å². The predicted octanol–water partition coefficient (Wildman–Crippen LogP) is 6.67. The van der Waals surface area contributed by atoms with Crippen LogP contribution in [0.5, 0.6) is 0 Å². The van der Waals surface area contributed by atoms with E-state index in [9.17, 15) is 18.0 Å². The highest BCUT2D eigenvalue weighted by molar-refractivity contribution is 9.10. The molecule has 7 nitrogen and oxygen atoms in total. The van der Waals surface area contributed by atoms with Crippen molar-refractivity contribution in [3.63, 3.8) is 0 Å². The molecule has 0 radical (unpaired) electrons. The SMILES string of the molecule is Cc1cccc(N(CC(=O)N(Cc2ccc(Br)cc2)[C@H](Cc2ccccc2)C(=O)NCC(C)C)S(=O)(=O)c2ccccc2)c1C. The van der Waals surface area contributed by atoms with Gasteiger partial charge in [0.25, 0.3) is 10.0 Å². The minimum Gasteiger partial charge on any atom is -0.354 e. The van der Waals surface area contributed by atoms with E-state index in [0.29, 0.717) is 12.2 Å². The van der Waals surface area contributed by atoms with E-state index >= 15 is 0 Å². The summed E-state index contributed by atoms with van der Waals surface area (Å²) in [6, 6.07) is 29.7. The molecule has 0 saturated heterocycles. The van der Waals surface area contributed by atoms with E-state index in [-0.39, 0.29) is 29.7 Å². The Kier molecular flexibility index (Phi) is 11.6. The van der Waals surface area contributed by atoms with E-state index in [4.69, 9.17) is 0 Å². The highest BCUT2D eigenvalue weighted by Gasteiger charge is 2.35. The van der Waals surface area contributed by atoms with Gasteiger partial charge in [-0.15, -0.1) is 0 Å². The number of hydrogen-bond donors (Lipinski definition) is 1. The molecule has 0 spiro atoms. The largest absolute Gasteiger partial charge is 0.354 e. The van der Waals surface area contributed by atoms with E-state index in [1.54, 1.807) is 30.3 Å². The second-order valence-electron chi connectivity index (χ2n) is 11.5. The van der Waals surface area contributed by atoms with Crippen LogP contribution in [-0.2, 0) is 32.6 Å². The first-order chi connectivity index (χ1) is 21.5. The molecule has 4 aromatic carbocycles. The molecule has 45 heavy (non-hydrogen) atoms. The fraction of sp³-hybridized carbons (Fsp3) is 0.278. The number of anilines is 1. The van der Waals surface area contributed by atoms with Crippen molar-refractivity contribution in [2.45, 2.75) is 51.6 Å². The van der Waals surface area contributed by atoms with E-state index in [1.807, 2.05) is 88.4 Å². The molecule has 1 atom stereocenters. The number of sulfonamides is 1. The summed E-state index contributed by atoms with van der Waals surface area (Å²) in [5.74, 6) is -0.570. The Balaban J connectivity index is 1.82. The van der Waals surface area contributed by atoms with Crippen LogP contribution in [0.3, 0.4) is 0 Å². The molecule has 0 aliphatic heterocycles. The first-order valence-corrected chi connectivity index (χ1v) is 17.2. The number of nitrogens with one attached hydrogen (secondary N) is 1. The number of benzene rings is 4. The first kappa shape index (κ1) is 33.9. The normalized spacial score (nSPS) is 12.0. The molecule has 0 aliphatic rings. The van der Waals surface area contributed by atoms with Gasteiger partial charge in [-0.2, -0.15) is 0 Å². The Morgan fingerprint density at radius 1 is 0.800 bits per heavy atom. The third-order valence-corrected chi connectivity index (χ3v) is 9.98. The van der Waals surface area contributed by atoms with Crippen molar-refractivity contribution < 1.29 is 18.0 Å². The average Bonchev–Trinajstić information content (AvgIpc) is 3.03. The molecule has 1 N–H and O–H groups in total. The summed E-state index contributed by atoms with van der Waals surface area (Å²) in [5, 5.41) is 3.02. The Labute approximate surface area is 275 Å². The average molecular weight is 691 g/mol. The van der Waals surface area contributed by atoms with Crippen LogP contribution in [0, 0.1) is 19.8 Å². The van der Waals surface area contributed by atoms with Gasteiger partial charge in [0.1, 0.15) is 12.6 Å². The summed E-state index contributed by atoms with van der Waals surface area (Å²) >= 11 is 3.47. The summed E-state index contributed by atoms with van der Waals surface area (Å²) in [6.45, 7) is 7.84.